The summed E-state index contributed by atoms with van der Waals surface area (Å²) in [6.45, 7) is 12.4. The lowest BCUT2D eigenvalue weighted by Crippen LogP contribution is -2.60. The van der Waals surface area contributed by atoms with Crippen LogP contribution in [0.4, 0.5) is 0 Å². The summed E-state index contributed by atoms with van der Waals surface area (Å²) >= 11 is 0. The van der Waals surface area contributed by atoms with Gasteiger partial charge in [-0.2, -0.15) is 0 Å². The Morgan fingerprint density at radius 1 is 1.03 bits per heavy atom. The van der Waals surface area contributed by atoms with Crippen molar-refractivity contribution in [3.05, 3.63) is 65.7 Å². The van der Waals surface area contributed by atoms with Gasteiger partial charge >= 0.3 is 0 Å². The molecule has 2 aliphatic heterocycles. The number of carbonyl (C=O) groups is 1. The Balaban J connectivity index is 1.56. The fourth-order valence-corrected chi connectivity index (χ4v) is 5.70. The van der Waals surface area contributed by atoms with Crippen molar-refractivity contribution in [2.24, 2.45) is 17.1 Å². The van der Waals surface area contributed by atoms with Crippen molar-refractivity contribution in [3.63, 3.8) is 0 Å². The molecule has 36 heavy (non-hydrogen) atoms. The average Bonchev–Trinajstić information content (AvgIpc) is 2.89. The van der Waals surface area contributed by atoms with Gasteiger partial charge < -0.3 is 20.7 Å². The van der Waals surface area contributed by atoms with Crippen LogP contribution in [0.2, 0.25) is 0 Å². The second-order valence-electron chi connectivity index (χ2n) is 11.4. The van der Waals surface area contributed by atoms with Crippen LogP contribution in [-0.2, 0) is 4.79 Å². The van der Waals surface area contributed by atoms with Crippen LogP contribution in [0.3, 0.4) is 0 Å². The van der Waals surface area contributed by atoms with E-state index in [1.807, 2.05) is 12.1 Å². The first-order valence-corrected chi connectivity index (χ1v) is 13.6. The lowest BCUT2D eigenvalue weighted by atomic mass is 9.82. The smallest absolute Gasteiger partial charge is 0.223 e. The van der Waals surface area contributed by atoms with Gasteiger partial charge in [0.15, 0.2) is 0 Å². The van der Waals surface area contributed by atoms with E-state index in [9.17, 15) is 4.79 Å². The molecule has 0 aromatic heterocycles. The molecular weight excluding hydrogens is 448 g/mol. The maximum Gasteiger partial charge on any atom is 0.223 e. The molecule has 1 amide bonds. The number of nitrogens with two attached hydrogens (primary N) is 1. The molecule has 2 fully saturated rings. The van der Waals surface area contributed by atoms with Gasteiger partial charge in [0, 0.05) is 38.6 Å². The van der Waals surface area contributed by atoms with Crippen LogP contribution in [0.25, 0.3) is 0 Å². The first kappa shape index (κ1) is 26.6. The number of ether oxygens (including phenoxy) is 1. The number of amides is 1. The summed E-state index contributed by atoms with van der Waals surface area (Å²) in [7, 11) is 0. The molecule has 0 saturated carbocycles. The quantitative estimate of drug-likeness (QED) is 0.582. The number of hydrogen-bond donors (Lipinski definition) is 2. The van der Waals surface area contributed by atoms with E-state index >= 15 is 0 Å². The normalized spacial score (nSPS) is 20.8. The number of rotatable bonds is 8. The molecule has 2 saturated heterocycles. The van der Waals surface area contributed by atoms with Crippen molar-refractivity contribution in [1.29, 1.82) is 0 Å². The number of carbonyl (C=O) groups excluding carboxylic acids is 1. The van der Waals surface area contributed by atoms with E-state index in [1.54, 1.807) is 0 Å². The van der Waals surface area contributed by atoms with Crippen LogP contribution in [-0.4, -0.2) is 67.6 Å². The predicted molar refractivity (Wildman–Crippen MR) is 146 cm³/mol. The Bertz CT molecular complexity index is 951. The van der Waals surface area contributed by atoms with Gasteiger partial charge in [-0.15, -0.1) is 0 Å². The van der Waals surface area contributed by atoms with Crippen molar-refractivity contribution in [3.8, 4) is 5.75 Å². The Morgan fingerprint density at radius 3 is 2.33 bits per heavy atom. The van der Waals surface area contributed by atoms with Crippen LogP contribution < -0.4 is 15.8 Å². The largest absolute Gasteiger partial charge is 0.492 e. The molecule has 3 N–H and O–H groups in total. The van der Waals surface area contributed by atoms with Gasteiger partial charge in [0.05, 0.1) is 6.04 Å². The van der Waals surface area contributed by atoms with E-state index in [1.165, 1.54) is 11.1 Å². The summed E-state index contributed by atoms with van der Waals surface area (Å²) in [5.41, 5.74) is 8.10. The molecule has 1 unspecified atom stereocenters. The Hall–Kier alpha value is -2.41. The minimum Gasteiger partial charge on any atom is -0.492 e. The van der Waals surface area contributed by atoms with Crippen molar-refractivity contribution in [2.75, 3.05) is 45.9 Å². The standard InChI is InChI=1S/C30H44N4O2/c1-30(2,3)27-22-33(18-19-34(27)28(35)21-23-13-16-32-17-14-23)29(24-7-5-4-6-8-24)25-9-11-26(12-10-25)36-20-15-31/h4-12,23,27,29,32H,13-22,31H2,1-3H3/t27-,29?/m1/s1. The number of benzene rings is 2. The Labute approximate surface area is 217 Å². The highest BCUT2D eigenvalue weighted by Crippen LogP contribution is 2.36. The lowest BCUT2D eigenvalue weighted by Gasteiger charge is -2.49. The zero-order valence-corrected chi connectivity index (χ0v) is 22.3. The van der Waals surface area contributed by atoms with E-state index < -0.39 is 0 Å². The highest BCUT2D eigenvalue weighted by molar-refractivity contribution is 5.77. The van der Waals surface area contributed by atoms with Gasteiger partial charge in [-0.3, -0.25) is 9.69 Å². The summed E-state index contributed by atoms with van der Waals surface area (Å²) in [5, 5.41) is 3.42. The third-order valence-electron chi connectivity index (χ3n) is 7.72. The molecule has 0 radical (unpaired) electrons. The van der Waals surface area contributed by atoms with E-state index in [2.05, 4.69) is 78.4 Å². The molecule has 2 heterocycles. The fraction of sp³-hybridized carbons (Fsp3) is 0.567. The average molecular weight is 493 g/mol. The van der Waals surface area contributed by atoms with E-state index in [0.29, 0.717) is 31.4 Å². The highest BCUT2D eigenvalue weighted by atomic mass is 16.5. The molecule has 2 aromatic rings. The molecule has 0 bridgehead atoms. The fourth-order valence-electron chi connectivity index (χ4n) is 5.70. The SMILES string of the molecule is CC(C)(C)[C@H]1CN(C(c2ccccc2)c2ccc(OCCN)cc2)CCN1C(=O)CC1CCNCC1. The van der Waals surface area contributed by atoms with Gasteiger partial charge in [0.2, 0.25) is 5.91 Å². The minimum absolute atomic E-state index is 0.0103. The molecule has 2 atom stereocenters. The first-order valence-electron chi connectivity index (χ1n) is 13.6. The van der Waals surface area contributed by atoms with Gasteiger partial charge in [0.25, 0.3) is 0 Å². The summed E-state index contributed by atoms with van der Waals surface area (Å²) in [6.07, 6.45) is 2.89. The third-order valence-corrected chi connectivity index (χ3v) is 7.72. The van der Waals surface area contributed by atoms with Crippen LogP contribution >= 0.6 is 0 Å². The molecule has 2 aromatic carbocycles. The molecular formula is C30H44N4O2. The summed E-state index contributed by atoms with van der Waals surface area (Å²) < 4.78 is 5.72. The molecule has 196 valence electrons. The van der Waals surface area contributed by atoms with Gasteiger partial charge in [-0.05, 0) is 60.5 Å². The highest BCUT2D eigenvalue weighted by Gasteiger charge is 2.40. The Morgan fingerprint density at radius 2 is 1.69 bits per heavy atom. The van der Waals surface area contributed by atoms with Gasteiger partial charge in [-0.25, -0.2) is 0 Å². The van der Waals surface area contributed by atoms with E-state index in [0.717, 1.165) is 51.3 Å². The second-order valence-corrected chi connectivity index (χ2v) is 11.4. The molecule has 0 spiro atoms. The number of piperazine rings is 1. The van der Waals surface area contributed by atoms with Crippen LogP contribution in [0, 0.1) is 11.3 Å². The Kier molecular flexibility index (Phi) is 9.04. The van der Waals surface area contributed by atoms with Crippen LogP contribution in [0.5, 0.6) is 5.75 Å². The number of nitrogens with zero attached hydrogens (tertiary/aromatic N) is 2. The zero-order valence-electron chi connectivity index (χ0n) is 22.3. The molecule has 6 heteroatoms. The summed E-state index contributed by atoms with van der Waals surface area (Å²) in [4.78, 5) is 18.3. The van der Waals surface area contributed by atoms with Gasteiger partial charge in [0.1, 0.15) is 12.4 Å². The summed E-state index contributed by atoms with van der Waals surface area (Å²) in [5.74, 6) is 1.69. The maximum atomic E-state index is 13.5. The van der Waals surface area contributed by atoms with Crippen LogP contribution in [0.15, 0.2) is 54.6 Å². The zero-order chi connectivity index (χ0) is 25.5. The minimum atomic E-state index is -0.0103. The van der Waals surface area contributed by atoms with Crippen LogP contribution in [0.1, 0.15) is 57.2 Å². The number of hydrogen-bond acceptors (Lipinski definition) is 5. The second kappa shape index (κ2) is 12.2. The predicted octanol–water partition coefficient (Wildman–Crippen LogP) is 4.06. The molecule has 6 nitrogen and oxygen atoms in total. The van der Waals surface area contributed by atoms with Crippen molar-refractivity contribution in [1.82, 2.24) is 15.1 Å². The molecule has 0 aliphatic carbocycles. The maximum absolute atomic E-state index is 13.5. The van der Waals surface area contributed by atoms with E-state index in [-0.39, 0.29) is 17.5 Å². The number of piperidine rings is 1. The molecule has 2 aliphatic rings. The van der Waals surface area contributed by atoms with E-state index in [4.69, 9.17) is 10.5 Å². The van der Waals surface area contributed by atoms with Crippen molar-refractivity contribution < 1.29 is 9.53 Å². The van der Waals surface area contributed by atoms with Gasteiger partial charge in [-0.1, -0.05) is 63.2 Å². The number of nitrogens with one attached hydrogen (secondary N) is 1. The first-order chi connectivity index (χ1) is 17.4. The topological polar surface area (TPSA) is 70.8 Å². The van der Waals surface area contributed by atoms with Crippen molar-refractivity contribution >= 4 is 5.91 Å². The van der Waals surface area contributed by atoms with Crippen molar-refractivity contribution in [2.45, 2.75) is 52.1 Å². The third kappa shape index (κ3) is 6.67. The summed E-state index contributed by atoms with van der Waals surface area (Å²) in [6, 6.07) is 19.4. The molecule has 4 rings (SSSR count). The lowest BCUT2D eigenvalue weighted by molar-refractivity contribution is -0.141. The monoisotopic (exact) mass is 492 g/mol.